The lowest BCUT2D eigenvalue weighted by molar-refractivity contribution is 0.0483. The summed E-state index contributed by atoms with van der Waals surface area (Å²) in [6.07, 6.45) is 0.675. The predicted molar refractivity (Wildman–Crippen MR) is 143 cm³/mol. The summed E-state index contributed by atoms with van der Waals surface area (Å²) in [4.78, 5) is 20.9. The first-order valence-electron chi connectivity index (χ1n) is 12.5. The van der Waals surface area contributed by atoms with Crippen LogP contribution in [0.15, 0.2) is 72.8 Å². The van der Waals surface area contributed by atoms with Crippen molar-refractivity contribution in [1.82, 2.24) is 14.5 Å². The van der Waals surface area contributed by atoms with Crippen molar-refractivity contribution < 1.29 is 9.18 Å². The molecule has 1 heterocycles. The predicted octanol–water partition coefficient (Wildman–Crippen LogP) is 6.11. The van der Waals surface area contributed by atoms with E-state index < -0.39 is 0 Å². The molecule has 1 aromatic heterocycles. The molecule has 0 fully saturated rings. The van der Waals surface area contributed by atoms with Crippen LogP contribution in [-0.2, 0) is 6.54 Å². The van der Waals surface area contributed by atoms with Crippen LogP contribution in [0.25, 0.3) is 11.0 Å². The molecule has 2 N–H and O–H groups in total. The van der Waals surface area contributed by atoms with Crippen molar-refractivity contribution in [3.63, 3.8) is 0 Å². The molecule has 0 saturated carbocycles. The number of amides is 1. The number of aryl methyl sites for hydroxylation is 1. The van der Waals surface area contributed by atoms with Crippen LogP contribution in [0, 0.1) is 18.2 Å². The second-order valence-electron chi connectivity index (χ2n) is 10.5. The number of hydrogen-bond acceptors (Lipinski definition) is 3. The summed E-state index contributed by atoms with van der Waals surface area (Å²) < 4.78 is 16.2. The van der Waals surface area contributed by atoms with Gasteiger partial charge >= 0.3 is 0 Å². The van der Waals surface area contributed by atoms with Crippen molar-refractivity contribution in [3.05, 3.63) is 101 Å². The molecule has 4 aromatic rings. The van der Waals surface area contributed by atoms with Crippen molar-refractivity contribution in [2.24, 2.45) is 11.1 Å². The number of nitrogens with zero attached hydrogens (tertiary/aromatic N) is 3. The summed E-state index contributed by atoms with van der Waals surface area (Å²) in [7, 11) is 0. The van der Waals surface area contributed by atoms with Gasteiger partial charge in [0.2, 0.25) is 0 Å². The van der Waals surface area contributed by atoms with Crippen LogP contribution in [-0.4, -0.2) is 33.4 Å². The van der Waals surface area contributed by atoms with E-state index in [0.717, 1.165) is 28.0 Å². The highest BCUT2D eigenvalue weighted by molar-refractivity contribution is 5.94. The third-order valence-electron chi connectivity index (χ3n) is 6.42. The summed E-state index contributed by atoms with van der Waals surface area (Å²) in [5.41, 5.74) is 9.96. The molecule has 0 aliphatic rings. The van der Waals surface area contributed by atoms with E-state index in [1.807, 2.05) is 48.2 Å². The Kier molecular flexibility index (Phi) is 7.55. The quantitative estimate of drug-likeness (QED) is 0.327. The molecule has 0 saturated heterocycles. The molecule has 0 spiro atoms. The normalized spacial score (nSPS) is 12.6. The van der Waals surface area contributed by atoms with Crippen LogP contribution in [0.5, 0.6) is 0 Å². The number of carbonyl (C=O) groups is 1. The molecule has 0 aliphatic carbocycles. The van der Waals surface area contributed by atoms with Crippen molar-refractivity contribution in [1.29, 1.82) is 0 Å². The zero-order valence-electron chi connectivity index (χ0n) is 21.5. The topological polar surface area (TPSA) is 64.2 Å². The monoisotopic (exact) mass is 486 g/mol. The van der Waals surface area contributed by atoms with E-state index in [-0.39, 0.29) is 23.2 Å². The molecule has 6 heteroatoms. The van der Waals surface area contributed by atoms with E-state index >= 15 is 0 Å². The number of imidazole rings is 1. The summed E-state index contributed by atoms with van der Waals surface area (Å²) in [6, 6.07) is 21.8. The third kappa shape index (κ3) is 5.49. The lowest BCUT2D eigenvalue weighted by Crippen LogP contribution is -2.43. The van der Waals surface area contributed by atoms with E-state index in [4.69, 9.17) is 10.7 Å². The minimum absolute atomic E-state index is 0.0514. The van der Waals surface area contributed by atoms with Crippen LogP contribution >= 0.6 is 0 Å². The lowest BCUT2D eigenvalue weighted by atomic mass is 9.84. The first-order valence-corrected chi connectivity index (χ1v) is 12.5. The number of aromatic nitrogens is 2. The van der Waals surface area contributed by atoms with Gasteiger partial charge in [0.1, 0.15) is 11.6 Å². The van der Waals surface area contributed by atoms with Gasteiger partial charge in [0.15, 0.2) is 0 Å². The Morgan fingerprint density at radius 2 is 1.81 bits per heavy atom. The van der Waals surface area contributed by atoms with Gasteiger partial charge in [0.05, 0.1) is 17.1 Å². The highest BCUT2D eigenvalue weighted by Gasteiger charge is 2.38. The van der Waals surface area contributed by atoms with Gasteiger partial charge < -0.3 is 15.2 Å². The minimum atomic E-state index is -0.338. The molecular weight excluding hydrogens is 451 g/mol. The second-order valence-corrected chi connectivity index (χ2v) is 10.5. The first-order chi connectivity index (χ1) is 17.2. The smallest absolute Gasteiger partial charge is 0.254 e. The van der Waals surface area contributed by atoms with Gasteiger partial charge in [-0.1, -0.05) is 57.2 Å². The maximum atomic E-state index is 14.1. The van der Waals surface area contributed by atoms with Crippen LogP contribution < -0.4 is 5.73 Å². The lowest BCUT2D eigenvalue weighted by Gasteiger charge is -2.40. The zero-order chi connectivity index (χ0) is 25.9. The highest BCUT2D eigenvalue weighted by atomic mass is 19.1. The molecule has 0 bridgehead atoms. The average Bonchev–Trinajstić information content (AvgIpc) is 3.17. The number of rotatable bonds is 8. The molecular formula is C30H35FN4O. The molecule has 0 aliphatic heterocycles. The summed E-state index contributed by atoms with van der Waals surface area (Å²) in [6.45, 7) is 9.86. The largest absolute Gasteiger partial charge is 0.330 e. The summed E-state index contributed by atoms with van der Waals surface area (Å²) in [5.74, 6) is 0.462. The number of fused-ring (bicyclic) bond motifs is 1. The first kappa shape index (κ1) is 25.6. The van der Waals surface area contributed by atoms with Crippen LogP contribution in [0.1, 0.15) is 60.5 Å². The number of halogens is 1. The van der Waals surface area contributed by atoms with Gasteiger partial charge in [0.25, 0.3) is 5.91 Å². The Balaban J connectivity index is 1.91. The van der Waals surface area contributed by atoms with Gasteiger partial charge in [-0.15, -0.1) is 0 Å². The molecule has 5 nitrogen and oxygen atoms in total. The molecule has 4 rings (SSSR count). The van der Waals surface area contributed by atoms with Gasteiger partial charge in [-0.05, 0) is 72.8 Å². The fourth-order valence-electron chi connectivity index (χ4n) is 4.80. The van der Waals surface area contributed by atoms with E-state index in [0.29, 0.717) is 31.6 Å². The molecule has 3 aromatic carbocycles. The van der Waals surface area contributed by atoms with Crippen molar-refractivity contribution in [2.45, 2.75) is 46.7 Å². The van der Waals surface area contributed by atoms with Gasteiger partial charge in [-0.3, -0.25) is 4.79 Å². The van der Waals surface area contributed by atoms with E-state index in [9.17, 15) is 9.18 Å². The Labute approximate surface area is 212 Å². The number of benzene rings is 3. The summed E-state index contributed by atoms with van der Waals surface area (Å²) in [5, 5.41) is 0. The number of hydrogen-bond donors (Lipinski definition) is 1. The van der Waals surface area contributed by atoms with Gasteiger partial charge in [-0.2, -0.15) is 0 Å². The van der Waals surface area contributed by atoms with Crippen molar-refractivity contribution in [3.8, 4) is 0 Å². The average molecular weight is 487 g/mol. The Bertz CT molecular complexity index is 1340. The fourth-order valence-corrected chi connectivity index (χ4v) is 4.80. The molecule has 1 amide bonds. The summed E-state index contributed by atoms with van der Waals surface area (Å²) >= 11 is 0. The molecule has 36 heavy (non-hydrogen) atoms. The zero-order valence-corrected chi connectivity index (χ0v) is 21.5. The maximum Gasteiger partial charge on any atom is 0.254 e. The molecule has 0 unspecified atom stereocenters. The standard InChI is InChI=1S/C30H35FN4O/c1-21-14-15-26-25(18-21)33-28(35(26)20-22-10-8-13-24(31)19-22)27(30(2,3)4)34(17-9-16-32)29(36)23-11-6-5-7-12-23/h5-8,10-15,18-19,27H,9,16-17,20,32H2,1-4H3/t27-/m0/s1. The Hall–Kier alpha value is -3.51. The molecule has 188 valence electrons. The fraction of sp³-hybridized carbons (Fsp3) is 0.333. The minimum Gasteiger partial charge on any atom is -0.330 e. The van der Waals surface area contributed by atoms with Gasteiger partial charge in [0, 0.05) is 18.7 Å². The maximum absolute atomic E-state index is 14.1. The molecule has 0 radical (unpaired) electrons. The van der Waals surface area contributed by atoms with E-state index in [2.05, 4.69) is 43.5 Å². The highest BCUT2D eigenvalue weighted by Crippen LogP contribution is 2.40. The number of nitrogens with two attached hydrogens (primary N) is 1. The van der Waals surface area contributed by atoms with Crippen molar-refractivity contribution in [2.75, 3.05) is 13.1 Å². The van der Waals surface area contributed by atoms with Crippen LogP contribution in [0.4, 0.5) is 4.39 Å². The number of carbonyl (C=O) groups excluding carboxylic acids is 1. The SMILES string of the molecule is Cc1ccc2c(c1)nc([C@H](N(CCCN)C(=O)c1ccccc1)C(C)(C)C)n2Cc1cccc(F)c1. The van der Waals surface area contributed by atoms with Crippen LogP contribution in [0.2, 0.25) is 0 Å². The molecule has 1 atom stereocenters. The third-order valence-corrected chi connectivity index (χ3v) is 6.42. The Morgan fingerprint density at radius 3 is 2.47 bits per heavy atom. The van der Waals surface area contributed by atoms with Gasteiger partial charge in [-0.25, -0.2) is 9.37 Å². The van der Waals surface area contributed by atoms with Crippen LogP contribution in [0.3, 0.4) is 0 Å². The van der Waals surface area contributed by atoms with E-state index in [1.54, 1.807) is 12.1 Å². The second kappa shape index (κ2) is 10.6. The Morgan fingerprint density at radius 1 is 1.06 bits per heavy atom. The van der Waals surface area contributed by atoms with E-state index in [1.165, 1.54) is 6.07 Å². The van der Waals surface area contributed by atoms with Crippen molar-refractivity contribution >= 4 is 16.9 Å².